The molecule has 1 atom stereocenters. The molecule has 5 nitrogen and oxygen atoms in total. The highest BCUT2D eigenvalue weighted by Gasteiger charge is 2.37. The van der Waals surface area contributed by atoms with Gasteiger partial charge in [-0.25, -0.2) is 0 Å². The van der Waals surface area contributed by atoms with Crippen molar-refractivity contribution in [1.29, 1.82) is 0 Å². The molecule has 1 aliphatic carbocycles. The third kappa shape index (κ3) is 2.15. The first-order chi connectivity index (χ1) is 11.2. The van der Waals surface area contributed by atoms with Crippen molar-refractivity contribution in [3.63, 3.8) is 0 Å². The van der Waals surface area contributed by atoms with Gasteiger partial charge in [-0.2, -0.15) is 5.10 Å². The summed E-state index contributed by atoms with van der Waals surface area (Å²) in [5, 5.41) is 10.8. The summed E-state index contributed by atoms with van der Waals surface area (Å²) >= 11 is 0. The number of benzene rings is 1. The van der Waals surface area contributed by atoms with Crippen LogP contribution in [0, 0.1) is 6.92 Å². The Morgan fingerprint density at radius 2 is 2.00 bits per heavy atom. The minimum absolute atomic E-state index is 0.0568. The molecule has 0 fully saturated rings. The fourth-order valence-electron chi connectivity index (χ4n) is 3.63. The molecule has 1 aliphatic heterocycles. The van der Waals surface area contributed by atoms with Gasteiger partial charge in [0.05, 0.1) is 7.11 Å². The topological polar surface area (TPSA) is 67.0 Å². The van der Waals surface area contributed by atoms with E-state index in [0.717, 1.165) is 52.5 Å². The molecule has 118 valence electrons. The lowest BCUT2D eigenvalue weighted by Crippen LogP contribution is -2.26. The Kier molecular flexibility index (Phi) is 3.22. The number of hydrogen-bond acceptors (Lipinski definition) is 4. The molecule has 0 spiro atoms. The minimum atomic E-state index is -0.0568. The van der Waals surface area contributed by atoms with Gasteiger partial charge in [-0.15, -0.1) is 0 Å². The van der Waals surface area contributed by atoms with Crippen LogP contribution in [0.5, 0.6) is 5.75 Å². The number of fused-ring (bicyclic) bond motifs is 1. The molecule has 1 aromatic carbocycles. The Balaban J connectivity index is 1.90. The van der Waals surface area contributed by atoms with Gasteiger partial charge in [0, 0.05) is 34.9 Å². The first kappa shape index (κ1) is 14.1. The average molecular weight is 309 g/mol. The highest BCUT2D eigenvalue weighted by atomic mass is 16.5. The van der Waals surface area contributed by atoms with Crippen molar-refractivity contribution < 1.29 is 9.53 Å². The Morgan fingerprint density at radius 3 is 2.74 bits per heavy atom. The number of methoxy groups -OCH3 is 1. The van der Waals surface area contributed by atoms with Gasteiger partial charge in [0.1, 0.15) is 5.75 Å². The molecule has 5 heteroatoms. The smallest absolute Gasteiger partial charge is 0.161 e. The van der Waals surface area contributed by atoms with Gasteiger partial charge >= 0.3 is 0 Å². The van der Waals surface area contributed by atoms with Crippen LogP contribution in [0.15, 0.2) is 35.5 Å². The van der Waals surface area contributed by atoms with Crippen molar-refractivity contribution in [2.45, 2.75) is 32.1 Å². The summed E-state index contributed by atoms with van der Waals surface area (Å²) < 4.78 is 5.25. The number of aryl methyl sites for hydroxylation is 1. The first-order valence-corrected chi connectivity index (χ1v) is 7.91. The Hall–Kier alpha value is -2.56. The maximum atomic E-state index is 12.6. The van der Waals surface area contributed by atoms with E-state index in [1.54, 1.807) is 7.11 Å². The standard InChI is InChI=1S/C18H19N3O2/c1-10-15-16(11-6-8-12(23-2)9-7-11)17-13(4-3-5-14(17)22)19-18(15)21-20-10/h6-9,16H,3-5H2,1-2H3,(H2,19,20,21). The quantitative estimate of drug-likeness (QED) is 0.893. The van der Waals surface area contributed by atoms with Crippen LogP contribution in [-0.2, 0) is 4.79 Å². The molecule has 23 heavy (non-hydrogen) atoms. The van der Waals surface area contributed by atoms with E-state index in [9.17, 15) is 4.79 Å². The lowest BCUT2D eigenvalue weighted by Gasteiger charge is -2.32. The van der Waals surface area contributed by atoms with Gasteiger partial charge in [-0.3, -0.25) is 9.89 Å². The maximum absolute atomic E-state index is 12.6. The minimum Gasteiger partial charge on any atom is -0.497 e. The number of H-pyrrole nitrogens is 1. The van der Waals surface area contributed by atoms with Crippen LogP contribution >= 0.6 is 0 Å². The molecule has 0 saturated heterocycles. The number of ketones is 1. The summed E-state index contributed by atoms with van der Waals surface area (Å²) in [4.78, 5) is 12.6. The van der Waals surface area contributed by atoms with E-state index in [0.29, 0.717) is 6.42 Å². The molecule has 2 heterocycles. The normalized spacial score (nSPS) is 19.9. The molecule has 4 rings (SSSR count). The molecular weight excluding hydrogens is 290 g/mol. The molecule has 0 saturated carbocycles. The predicted octanol–water partition coefficient (Wildman–Crippen LogP) is 3.29. The maximum Gasteiger partial charge on any atom is 0.161 e. The van der Waals surface area contributed by atoms with Gasteiger partial charge in [0.2, 0.25) is 0 Å². The van der Waals surface area contributed by atoms with E-state index in [-0.39, 0.29) is 11.7 Å². The van der Waals surface area contributed by atoms with E-state index in [4.69, 9.17) is 4.74 Å². The predicted molar refractivity (Wildman–Crippen MR) is 87.7 cm³/mol. The number of nitrogens with one attached hydrogen (secondary N) is 2. The van der Waals surface area contributed by atoms with Gasteiger partial charge < -0.3 is 10.1 Å². The Bertz CT molecular complexity index is 802. The van der Waals surface area contributed by atoms with Gasteiger partial charge in [0.15, 0.2) is 11.6 Å². The molecule has 1 unspecified atom stereocenters. The number of rotatable bonds is 2. The molecule has 2 aromatic rings. The second-order valence-electron chi connectivity index (χ2n) is 6.11. The molecule has 0 bridgehead atoms. The fraction of sp³-hybridized carbons (Fsp3) is 0.333. The Labute approximate surface area is 134 Å². The number of aromatic nitrogens is 2. The SMILES string of the molecule is COc1ccc(C2C3=C(CCCC3=O)Nc3n[nH]c(C)c32)cc1. The van der Waals surface area contributed by atoms with E-state index in [1.807, 2.05) is 31.2 Å². The third-order valence-corrected chi connectivity index (χ3v) is 4.75. The number of nitrogens with zero attached hydrogens (tertiary/aromatic N) is 1. The second kappa shape index (κ2) is 5.26. The van der Waals surface area contributed by atoms with Crippen LogP contribution in [0.3, 0.4) is 0 Å². The molecule has 0 amide bonds. The van der Waals surface area contributed by atoms with Crippen molar-refractivity contribution >= 4 is 11.6 Å². The lowest BCUT2D eigenvalue weighted by molar-refractivity contribution is -0.116. The lowest BCUT2D eigenvalue weighted by atomic mass is 9.76. The highest BCUT2D eigenvalue weighted by Crippen LogP contribution is 2.45. The zero-order chi connectivity index (χ0) is 16.0. The summed E-state index contributed by atoms with van der Waals surface area (Å²) in [7, 11) is 1.66. The van der Waals surface area contributed by atoms with Crippen LogP contribution in [-0.4, -0.2) is 23.1 Å². The monoisotopic (exact) mass is 309 g/mol. The summed E-state index contributed by atoms with van der Waals surface area (Å²) in [6.45, 7) is 2.00. The largest absolute Gasteiger partial charge is 0.497 e. The second-order valence-corrected chi connectivity index (χ2v) is 6.11. The zero-order valence-electron chi connectivity index (χ0n) is 13.3. The number of anilines is 1. The van der Waals surface area contributed by atoms with Crippen LogP contribution in [0.2, 0.25) is 0 Å². The van der Waals surface area contributed by atoms with Gasteiger partial charge in [-0.1, -0.05) is 12.1 Å². The molecule has 1 aromatic heterocycles. The average Bonchev–Trinajstić information content (AvgIpc) is 2.94. The van der Waals surface area contributed by atoms with Crippen molar-refractivity contribution in [3.8, 4) is 5.75 Å². The van der Waals surface area contributed by atoms with Crippen LogP contribution < -0.4 is 10.1 Å². The number of hydrogen-bond donors (Lipinski definition) is 2. The molecule has 2 aliphatic rings. The number of carbonyl (C=O) groups excluding carboxylic acids is 1. The van der Waals surface area contributed by atoms with Crippen LogP contribution in [0.25, 0.3) is 0 Å². The number of aromatic amines is 1. The number of allylic oxidation sites excluding steroid dienone is 2. The van der Waals surface area contributed by atoms with Gasteiger partial charge in [0.25, 0.3) is 0 Å². The number of carbonyl (C=O) groups is 1. The van der Waals surface area contributed by atoms with Crippen molar-refractivity contribution in [2.75, 3.05) is 12.4 Å². The third-order valence-electron chi connectivity index (χ3n) is 4.75. The number of ether oxygens (including phenoxy) is 1. The number of Topliss-reactive ketones (excluding diaryl/α,β-unsaturated/α-hetero) is 1. The molecular formula is C18H19N3O2. The van der Waals surface area contributed by atoms with Crippen LogP contribution in [0.4, 0.5) is 5.82 Å². The van der Waals surface area contributed by atoms with Crippen molar-refractivity contribution in [2.24, 2.45) is 0 Å². The molecule has 2 N–H and O–H groups in total. The first-order valence-electron chi connectivity index (χ1n) is 7.91. The Morgan fingerprint density at radius 1 is 1.22 bits per heavy atom. The highest BCUT2D eigenvalue weighted by molar-refractivity contribution is 6.01. The molecule has 0 radical (unpaired) electrons. The summed E-state index contributed by atoms with van der Waals surface area (Å²) in [5.74, 6) is 1.84. The zero-order valence-corrected chi connectivity index (χ0v) is 13.3. The van der Waals surface area contributed by atoms with E-state index in [1.165, 1.54) is 0 Å². The van der Waals surface area contributed by atoms with E-state index >= 15 is 0 Å². The van der Waals surface area contributed by atoms with Crippen LogP contribution in [0.1, 0.15) is 42.0 Å². The summed E-state index contributed by atoms with van der Waals surface area (Å²) in [5.41, 5.74) is 5.10. The fourth-order valence-corrected chi connectivity index (χ4v) is 3.63. The summed E-state index contributed by atoms with van der Waals surface area (Å²) in [6.07, 6.45) is 2.43. The van der Waals surface area contributed by atoms with Gasteiger partial charge in [-0.05, 0) is 37.5 Å². The van der Waals surface area contributed by atoms with Crippen molar-refractivity contribution in [3.05, 3.63) is 52.4 Å². The van der Waals surface area contributed by atoms with E-state index in [2.05, 4.69) is 15.5 Å². The van der Waals surface area contributed by atoms with E-state index < -0.39 is 0 Å². The van der Waals surface area contributed by atoms with Crippen molar-refractivity contribution in [1.82, 2.24) is 10.2 Å². The summed E-state index contributed by atoms with van der Waals surface area (Å²) in [6, 6.07) is 7.97.